The molecule has 1 aliphatic heterocycles. The Hall–Kier alpha value is -1.52. The van der Waals surface area contributed by atoms with Crippen molar-refractivity contribution >= 4 is 28.4 Å². The normalized spacial score (nSPS) is 17.5. The number of aryl methyl sites for hydroxylation is 1. The van der Waals surface area contributed by atoms with Crippen LogP contribution in [0.4, 0.5) is 0 Å². The number of fused-ring (bicyclic) bond motifs is 1. The summed E-state index contributed by atoms with van der Waals surface area (Å²) >= 11 is 6.23. The number of likely N-dealkylation sites (tertiary alicyclic amines) is 1. The van der Waals surface area contributed by atoms with Gasteiger partial charge in [0, 0.05) is 47.2 Å². The average Bonchev–Trinajstić information content (AvgIpc) is 2.99. The molecule has 1 fully saturated rings. The molecule has 2 aromatic rings. The van der Waals surface area contributed by atoms with Crippen molar-refractivity contribution in [2.75, 3.05) is 13.1 Å². The van der Waals surface area contributed by atoms with Crippen molar-refractivity contribution < 1.29 is 4.79 Å². The third-order valence-electron chi connectivity index (χ3n) is 5.62. The Bertz CT molecular complexity index is 762. The second kappa shape index (κ2) is 8.45. The first-order valence-corrected chi connectivity index (χ1v) is 10.2. The standard InChI is InChI=1S/C21H30ClN3O/c1-4-15(3)23-21(26)16-8-10-24(11-9-16)13-17-14-25(5-2)20-7-6-18(22)12-19(17)20/h6-7,12,14-16H,4-5,8-11,13H2,1-3H3,(H,23,26). The van der Waals surface area contributed by atoms with Crippen molar-refractivity contribution in [2.24, 2.45) is 5.92 Å². The number of amides is 1. The zero-order chi connectivity index (χ0) is 18.7. The summed E-state index contributed by atoms with van der Waals surface area (Å²) < 4.78 is 2.29. The quantitative estimate of drug-likeness (QED) is 0.810. The van der Waals surface area contributed by atoms with Crippen molar-refractivity contribution in [1.29, 1.82) is 0 Å². The van der Waals surface area contributed by atoms with E-state index < -0.39 is 0 Å². The first-order chi connectivity index (χ1) is 12.5. The van der Waals surface area contributed by atoms with Crippen LogP contribution in [0.1, 0.15) is 45.6 Å². The van der Waals surface area contributed by atoms with Gasteiger partial charge in [-0.25, -0.2) is 0 Å². The van der Waals surface area contributed by atoms with Gasteiger partial charge in [0.25, 0.3) is 0 Å². The molecule has 2 heterocycles. The summed E-state index contributed by atoms with van der Waals surface area (Å²) in [6.07, 6.45) is 5.11. The molecule has 0 saturated carbocycles. The summed E-state index contributed by atoms with van der Waals surface area (Å²) in [4.78, 5) is 14.8. The Morgan fingerprint density at radius 3 is 2.69 bits per heavy atom. The van der Waals surface area contributed by atoms with Gasteiger partial charge in [0.2, 0.25) is 5.91 Å². The van der Waals surface area contributed by atoms with E-state index in [9.17, 15) is 4.79 Å². The summed E-state index contributed by atoms with van der Waals surface area (Å²) in [6.45, 7) is 10.2. The third kappa shape index (κ3) is 4.24. The Morgan fingerprint density at radius 1 is 1.31 bits per heavy atom. The highest BCUT2D eigenvalue weighted by Gasteiger charge is 2.26. The first-order valence-electron chi connectivity index (χ1n) is 9.81. The number of hydrogen-bond acceptors (Lipinski definition) is 2. The van der Waals surface area contributed by atoms with Gasteiger partial charge in [-0.2, -0.15) is 0 Å². The molecular weight excluding hydrogens is 346 g/mol. The number of halogens is 1. The van der Waals surface area contributed by atoms with E-state index in [-0.39, 0.29) is 17.9 Å². The number of nitrogens with one attached hydrogen (secondary N) is 1. The molecule has 0 bridgehead atoms. The number of aromatic nitrogens is 1. The van der Waals surface area contributed by atoms with E-state index in [1.165, 1.54) is 16.5 Å². The van der Waals surface area contributed by atoms with Crippen molar-refractivity contribution in [3.8, 4) is 0 Å². The minimum atomic E-state index is 0.159. The zero-order valence-corrected chi connectivity index (χ0v) is 16.9. The van der Waals surface area contributed by atoms with Gasteiger partial charge in [0.05, 0.1) is 0 Å². The second-order valence-electron chi connectivity index (χ2n) is 7.47. The van der Waals surface area contributed by atoms with Crippen molar-refractivity contribution in [2.45, 2.75) is 59.2 Å². The first kappa shape index (κ1) is 19.2. The van der Waals surface area contributed by atoms with Crippen LogP contribution in [0.2, 0.25) is 5.02 Å². The van der Waals surface area contributed by atoms with Crippen LogP contribution < -0.4 is 5.32 Å². The van der Waals surface area contributed by atoms with E-state index in [0.717, 1.165) is 50.5 Å². The molecule has 3 rings (SSSR count). The molecule has 4 nitrogen and oxygen atoms in total. The number of carbonyl (C=O) groups is 1. The molecule has 1 amide bonds. The molecule has 26 heavy (non-hydrogen) atoms. The van der Waals surface area contributed by atoms with Gasteiger partial charge < -0.3 is 9.88 Å². The minimum absolute atomic E-state index is 0.159. The molecule has 142 valence electrons. The van der Waals surface area contributed by atoms with Crippen LogP contribution in [0, 0.1) is 5.92 Å². The lowest BCUT2D eigenvalue weighted by Gasteiger charge is -2.31. The Labute approximate surface area is 161 Å². The lowest BCUT2D eigenvalue weighted by atomic mass is 9.95. The molecular formula is C21H30ClN3O. The number of benzene rings is 1. The second-order valence-corrected chi connectivity index (χ2v) is 7.91. The number of piperidine rings is 1. The van der Waals surface area contributed by atoms with Gasteiger partial charge in [-0.05, 0) is 70.0 Å². The Morgan fingerprint density at radius 2 is 2.04 bits per heavy atom. The largest absolute Gasteiger partial charge is 0.353 e. The lowest BCUT2D eigenvalue weighted by Crippen LogP contribution is -2.42. The molecule has 5 heteroatoms. The van der Waals surface area contributed by atoms with Crippen LogP contribution in [-0.2, 0) is 17.9 Å². The maximum absolute atomic E-state index is 12.3. The van der Waals surface area contributed by atoms with Gasteiger partial charge >= 0.3 is 0 Å². The van der Waals surface area contributed by atoms with Crippen molar-refractivity contribution in [3.05, 3.63) is 35.0 Å². The maximum atomic E-state index is 12.3. The summed E-state index contributed by atoms with van der Waals surface area (Å²) in [7, 11) is 0. The van der Waals surface area contributed by atoms with Crippen LogP contribution in [0.15, 0.2) is 24.4 Å². The average molecular weight is 376 g/mol. The van der Waals surface area contributed by atoms with E-state index in [4.69, 9.17) is 11.6 Å². The highest BCUT2D eigenvalue weighted by molar-refractivity contribution is 6.31. The Balaban J connectivity index is 1.64. The van der Waals surface area contributed by atoms with Gasteiger partial charge in [0.15, 0.2) is 0 Å². The zero-order valence-electron chi connectivity index (χ0n) is 16.1. The van der Waals surface area contributed by atoms with E-state index >= 15 is 0 Å². The predicted octanol–water partition coefficient (Wildman–Crippen LogP) is 4.44. The minimum Gasteiger partial charge on any atom is -0.353 e. The van der Waals surface area contributed by atoms with Crippen molar-refractivity contribution in [1.82, 2.24) is 14.8 Å². The van der Waals surface area contributed by atoms with Crippen LogP contribution >= 0.6 is 11.6 Å². The van der Waals surface area contributed by atoms with E-state index in [2.05, 4.69) is 53.9 Å². The maximum Gasteiger partial charge on any atom is 0.223 e. The molecule has 1 aliphatic rings. The highest BCUT2D eigenvalue weighted by Crippen LogP contribution is 2.27. The smallest absolute Gasteiger partial charge is 0.223 e. The number of rotatable bonds is 6. The summed E-state index contributed by atoms with van der Waals surface area (Å²) in [5.41, 5.74) is 2.57. The van der Waals surface area contributed by atoms with Gasteiger partial charge in [0.1, 0.15) is 0 Å². The van der Waals surface area contributed by atoms with Gasteiger partial charge in [-0.3, -0.25) is 9.69 Å². The number of nitrogens with zero attached hydrogens (tertiary/aromatic N) is 2. The summed E-state index contributed by atoms with van der Waals surface area (Å²) in [6, 6.07) is 6.41. The lowest BCUT2D eigenvalue weighted by molar-refractivity contribution is -0.127. The molecule has 1 atom stereocenters. The molecule has 1 saturated heterocycles. The van der Waals surface area contributed by atoms with Crippen LogP contribution in [0.3, 0.4) is 0 Å². The molecule has 0 radical (unpaired) electrons. The summed E-state index contributed by atoms with van der Waals surface area (Å²) in [5.74, 6) is 0.389. The molecule has 0 aliphatic carbocycles. The molecule has 1 N–H and O–H groups in total. The van der Waals surface area contributed by atoms with Gasteiger partial charge in [-0.1, -0.05) is 18.5 Å². The van der Waals surface area contributed by atoms with Crippen LogP contribution in [0.25, 0.3) is 10.9 Å². The Kier molecular flexibility index (Phi) is 6.25. The molecule has 1 aromatic carbocycles. The number of hydrogen-bond donors (Lipinski definition) is 1. The summed E-state index contributed by atoms with van der Waals surface area (Å²) in [5, 5.41) is 5.16. The fourth-order valence-corrected chi connectivity index (χ4v) is 3.96. The fourth-order valence-electron chi connectivity index (χ4n) is 3.79. The predicted molar refractivity (Wildman–Crippen MR) is 109 cm³/mol. The van der Waals surface area contributed by atoms with Crippen molar-refractivity contribution in [3.63, 3.8) is 0 Å². The molecule has 1 unspecified atom stereocenters. The van der Waals surface area contributed by atoms with E-state index in [1.807, 2.05) is 6.07 Å². The molecule has 1 aromatic heterocycles. The SMILES string of the molecule is CCC(C)NC(=O)C1CCN(Cc2cn(CC)c3ccc(Cl)cc23)CC1. The highest BCUT2D eigenvalue weighted by atomic mass is 35.5. The van der Waals surface area contributed by atoms with E-state index in [1.54, 1.807) is 0 Å². The van der Waals surface area contributed by atoms with Crippen LogP contribution in [-0.4, -0.2) is 34.5 Å². The van der Waals surface area contributed by atoms with Gasteiger partial charge in [-0.15, -0.1) is 0 Å². The topological polar surface area (TPSA) is 37.3 Å². The van der Waals surface area contributed by atoms with E-state index in [0.29, 0.717) is 0 Å². The monoisotopic (exact) mass is 375 g/mol. The molecule has 0 spiro atoms. The number of carbonyl (C=O) groups excluding carboxylic acids is 1. The fraction of sp³-hybridized carbons (Fsp3) is 0.571. The third-order valence-corrected chi connectivity index (χ3v) is 5.85. The van der Waals surface area contributed by atoms with Crippen LogP contribution in [0.5, 0.6) is 0 Å².